The summed E-state index contributed by atoms with van der Waals surface area (Å²) in [5.74, 6) is -0.645. The number of halogens is 3. The Morgan fingerprint density at radius 2 is 2.00 bits per heavy atom. The smallest absolute Gasteiger partial charge is 0.422 e. The van der Waals surface area contributed by atoms with Crippen LogP contribution < -0.4 is 9.47 Å². The van der Waals surface area contributed by atoms with Crippen molar-refractivity contribution in [2.75, 3.05) is 19.8 Å². The highest BCUT2D eigenvalue weighted by atomic mass is 19.4. The zero-order chi connectivity index (χ0) is 13.2. The number of alkyl halides is 3. The minimum atomic E-state index is -4.55. The quantitative estimate of drug-likeness (QED) is 0.766. The number of hydrogen-bond donors (Lipinski definition) is 0. The van der Waals surface area contributed by atoms with E-state index in [4.69, 9.17) is 9.47 Å². The highest BCUT2D eigenvalue weighted by molar-refractivity contribution is 5.93. The SMILES string of the molecule is O=C(OCC(F)(F)F)c1cccc2c1OCCO2. The van der Waals surface area contributed by atoms with Crippen LogP contribution in [0.2, 0.25) is 0 Å². The lowest BCUT2D eigenvalue weighted by Gasteiger charge is -2.20. The van der Waals surface area contributed by atoms with Gasteiger partial charge in [-0.1, -0.05) is 6.07 Å². The van der Waals surface area contributed by atoms with Gasteiger partial charge in [0, 0.05) is 0 Å². The molecule has 0 atom stereocenters. The number of para-hydroxylation sites is 1. The van der Waals surface area contributed by atoms with Gasteiger partial charge in [-0.05, 0) is 12.1 Å². The van der Waals surface area contributed by atoms with Crippen molar-refractivity contribution in [3.63, 3.8) is 0 Å². The van der Waals surface area contributed by atoms with Crippen molar-refractivity contribution >= 4 is 5.97 Å². The van der Waals surface area contributed by atoms with E-state index >= 15 is 0 Å². The van der Waals surface area contributed by atoms with Gasteiger partial charge in [-0.25, -0.2) is 4.79 Å². The van der Waals surface area contributed by atoms with Gasteiger partial charge in [0.2, 0.25) is 0 Å². The minimum absolute atomic E-state index is 0.0727. The average Bonchev–Trinajstić information content (AvgIpc) is 2.34. The number of esters is 1. The van der Waals surface area contributed by atoms with E-state index in [-0.39, 0.29) is 17.9 Å². The third-order valence-electron chi connectivity index (χ3n) is 2.15. The molecule has 0 spiro atoms. The molecular weight excluding hydrogens is 253 g/mol. The van der Waals surface area contributed by atoms with Crippen molar-refractivity contribution in [2.45, 2.75) is 6.18 Å². The van der Waals surface area contributed by atoms with E-state index in [1.54, 1.807) is 6.07 Å². The fourth-order valence-electron chi connectivity index (χ4n) is 1.46. The Balaban J connectivity index is 2.15. The molecule has 1 aliphatic heterocycles. The molecule has 1 aromatic rings. The number of rotatable bonds is 2. The average molecular weight is 262 g/mol. The number of fused-ring (bicyclic) bond motifs is 1. The molecule has 18 heavy (non-hydrogen) atoms. The Labute approximate surface area is 100 Å². The molecule has 7 heteroatoms. The highest BCUT2D eigenvalue weighted by Gasteiger charge is 2.31. The van der Waals surface area contributed by atoms with Gasteiger partial charge in [0.1, 0.15) is 18.8 Å². The summed E-state index contributed by atoms with van der Waals surface area (Å²) in [4.78, 5) is 11.5. The Morgan fingerprint density at radius 3 is 2.72 bits per heavy atom. The summed E-state index contributed by atoms with van der Waals surface area (Å²) in [5, 5.41) is 0. The zero-order valence-electron chi connectivity index (χ0n) is 9.12. The minimum Gasteiger partial charge on any atom is -0.486 e. The molecule has 1 aliphatic rings. The largest absolute Gasteiger partial charge is 0.486 e. The van der Waals surface area contributed by atoms with E-state index in [2.05, 4.69) is 4.74 Å². The fourth-order valence-corrected chi connectivity index (χ4v) is 1.46. The Hall–Kier alpha value is -1.92. The number of ether oxygens (including phenoxy) is 3. The predicted molar refractivity (Wildman–Crippen MR) is 53.8 cm³/mol. The number of hydrogen-bond acceptors (Lipinski definition) is 4. The molecule has 0 bridgehead atoms. The molecule has 0 aromatic heterocycles. The maximum Gasteiger partial charge on any atom is 0.422 e. The van der Waals surface area contributed by atoms with Crippen molar-refractivity contribution in [2.24, 2.45) is 0 Å². The molecule has 0 unspecified atom stereocenters. The fraction of sp³-hybridized carbons (Fsp3) is 0.364. The second-order valence-electron chi connectivity index (χ2n) is 3.52. The summed E-state index contributed by atoms with van der Waals surface area (Å²) in [5.41, 5.74) is -0.0727. The van der Waals surface area contributed by atoms with Crippen LogP contribution >= 0.6 is 0 Å². The second-order valence-corrected chi connectivity index (χ2v) is 3.52. The molecule has 2 rings (SSSR count). The van der Waals surface area contributed by atoms with Crippen LogP contribution in [0.15, 0.2) is 18.2 Å². The third kappa shape index (κ3) is 2.85. The molecule has 0 radical (unpaired) electrons. The van der Waals surface area contributed by atoms with Crippen LogP contribution in [0.25, 0.3) is 0 Å². The van der Waals surface area contributed by atoms with Crippen LogP contribution in [-0.4, -0.2) is 32.0 Å². The van der Waals surface area contributed by atoms with E-state index in [9.17, 15) is 18.0 Å². The van der Waals surface area contributed by atoms with Crippen molar-refractivity contribution < 1.29 is 32.2 Å². The van der Waals surface area contributed by atoms with Crippen molar-refractivity contribution in [3.8, 4) is 11.5 Å². The second kappa shape index (κ2) is 4.75. The van der Waals surface area contributed by atoms with Crippen LogP contribution in [0.4, 0.5) is 13.2 Å². The van der Waals surface area contributed by atoms with Crippen LogP contribution in [0.3, 0.4) is 0 Å². The van der Waals surface area contributed by atoms with Crippen molar-refractivity contribution in [1.82, 2.24) is 0 Å². The number of carbonyl (C=O) groups excluding carboxylic acids is 1. The summed E-state index contributed by atoms with van der Waals surface area (Å²) in [6.07, 6.45) is -4.55. The molecule has 1 aromatic carbocycles. The molecule has 0 saturated heterocycles. The van der Waals surface area contributed by atoms with Gasteiger partial charge < -0.3 is 14.2 Å². The predicted octanol–water partition coefficient (Wildman–Crippen LogP) is 2.18. The monoisotopic (exact) mass is 262 g/mol. The van der Waals surface area contributed by atoms with E-state index in [0.29, 0.717) is 12.4 Å². The van der Waals surface area contributed by atoms with Crippen LogP contribution in [0.5, 0.6) is 11.5 Å². The summed E-state index contributed by atoms with van der Waals surface area (Å²) in [6, 6.07) is 4.37. The summed E-state index contributed by atoms with van der Waals surface area (Å²) in [7, 11) is 0. The first kappa shape index (κ1) is 12.5. The first-order valence-electron chi connectivity index (χ1n) is 5.10. The van der Waals surface area contributed by atoms with Gasteiger partial charge in [0.15, 0.2) is 18.1 Å². The molecule has 4 nitrogen and oxygen atoms in total. The Bertz CT molecular complexity index is 456. The summed E-state index contributed by atoms with van der Waals surface area (Å²) < 4.78 is 50.4. The van der Waals surface area contributed by atoms with Gasteiger partial charge in [0.05, 0.1) is 0 Å². The van der Waals surface area contributed by atoms with Gasteiger partial charge in [-0.2, -0.15) is 13.2 Å². The van der Waals surface area contributed by atoms with Crippen LogP contribution in [-0.2, 0) is 4.74 Å². The Morgan fingerprint density at radius 1 is 1.28 bits per heavy atom. The van der Waals surface area contributed by atoms with E-state index < -0.39 is 18.8 Å². The maximum atomic E-state index is 11.9. The molecule has 0 fully saturated rings. The standard InChI is InChI=1S/C11H9F3O4/c12-11(13,14)6-18-10(15)7-2-1-3-8-9(7)17-5-4-16-8/h1-3H,4-6H2. The lowest BCUT2D eigenvalue weighted by atomic mass is 10.2. The Kier molecular flexibility index (Phi) is 3.31. The zero-order valence-corrected chi connectivity index (χ0v) is 9.12. The topological polar surface area (TPSA) is 44.8 Å². The van der Waals surface area contributed by atoms with Crippen molar-refractivity contribution in [1.29, 1.82) is 0 Å². The molecule has 0 saturated carbocycles. The normalized spacial score (nSPS) is 14.2. The summed E-state index contributed by atoms with van der Waals surface area (Å²) >= 11 is 0. The molecule has 0 N–H and O–H groups in total. The number of benzene rings is 1. The van der Waals surface area contributed by atoms with Crippen molar-refractivity contribution in [3.05, 3.63) is 23.8 Å². The lowest BCUT2D eigenvalue weighted by molar-refractivity contribution is -0.161. The maximum absolute atomic E-state index is 11.9. The van der Waals surface area contributed by atoms with Crippen LogP contribution in [0.1, 0.15) is 10.4 Å². The highest BCUT2D eigenvalue weighted by Crippen LogP contribution is 2.34. The lowest BCUT2D eigenvalue weighted by Crippen LogP contribution is -2.22. The summed E-state index contributed by atoms with van der Waals surface area (Å²) in [6.45, 7) is -1.07. The molecule has 0 amide bonds. The third-order valence-corrected chi connectivity index (χ3v) is 2.15. The van der Waals surface area contributed by atoms with Gasteiger partial charge in [0.25, 0.3) is 0 Å². The van der Waals surface area contributed by atoms with Gasteiger partial charge >= 0.3 is 12.1 Å². The molecule has 0 aliphatic carbocycles. The van der Waals surface area contributed by atoms with Crippen LogP contribution in [0, 0.1) is 0 Å². The molecule has 1 heterocycles. The first-order valence-corrected chi connectivity index (χ1v) is 5.10. The van der Waals surface area contributed by atoms with Gasteiger partial charge in [-0.3, -0.25) is 0 Å². The first-order chi connectivity index (χ1) is 8.47. The number of carbonyl (C=O) groups is 1. The molecular formula is C11H9F3O4. The van der Waals surface area contributed by atoms with E-state index in [1.807, 2.05) is 0 Å². The van der Waals surface area contributed by atoms with Gasteiger partial charge in [-0.15, -0.1) is 0 Å². The molecule has 98 valence electrons. The van der Waals surface area contributed by atoms with E-state index in [1.165, 1.54) is 12.1 Å². The van der Waals surface area contributed by atoms with E-state index in [0.717, 1.165) is 0 Å².